The summed E-state index contributed by atoms with van der Waals surface area (Å²) in [6.45, 7) is 2.66. The number of phenolic OH excluding ortho intramolecular Hbond substituents is 1. The van der Waals surface area contributed by atoms with E-state index in [9.17, 15) is 9.90 Å². The molecular formula is C23H27N3O2S. The fourth-order valence-electron chi connectivity index (χ4n) is 4.97. The molecule has 5 rings (SSSR count). The smallest absolute Gasteiger partial charge is 0.253 e. The molecule has 2 aromatic carbocycles. The maximum absolute atomic E-state index is 12.7. The highest BCUT2D eigenvalue weighted by Crippen LogP contribution is 2.53. The molecule has 3 aliphatic heterocycles. The molecule has 0 aliphatic carbocycles. The van der Waals surface area contributed by atoms with Gasteiger partial charge in [-0.05, 0) is 62.9 Å². The molecule has 152 valence electrons. The van der Waals surface area contributed by atoms with Crippen molar-refractivity contribution >= 4 is 29.0 Å². The Morgan fingerprint density at radius 2 is 1.97 bits per heavy atom. The average molecular weight is 410 g/mol. The minimum absolute atomic E-state index is 0.0328. The van der Waals surface area contributed by atoms with E-state index in [1.54, 1.807) is 22.7 Å². The Morgan fingerprint density at radius 1 is 1.21 bits per heavy atom. The maximum atomic E-state index is 12.7. The quantitative estimate of drug-likeness (QED) is 0.788. The van der Waals surface area contributed by atoms with Crippen LogP contribution in [-0.2, 0) is 0 Å². The number of nitrogens with one attached hydrogen (secondary N) is 1. The first-order chi connectivity index (χ1) is 14.0. The van der Waals surface area contributed by atoms with Crippen LogP contribution in [0.1, 0.15) is 43.0 Å². The lowest BCUT2D eigenvalue weighted by Gasteiger charge is -2.42. The van der Waals surface area contributed by atoms with Gasteiger partial charge in [0.2, 0.25) is 0 Å². The zero-order valence-electron chi connectivity index (χ0n) is 16.9. The summed E-state index contributed by atoms with van der Waals surface area (Å²) in [4.78, 5) is 18.8. The van der Waals surface area contributed by atoms with Gasteiger partial charge in [0.25, 0.3) is 5.91 Å². The Hall–Kier alpha value is -2.18. The van der Waals surface area contributed by atoms with E-state index in [0.29, 0.717) is 36.0 Å². The summed E-state index contributed by atoms with van der Waals surface area (Å²) in [6, 6.07) is 13.4. The molecular weight excluding hydrogens is 382 g/mol. The molecule has 2 aromatic rings. The number of aromatic hydroxyl groups is 1. The summed E-state index contributed by atoms with van der Waals surface area (Å²) < 4.78 is 0. The van der Waals surface area contributed by atoms with Crippen molar-refractivity contribution in [1.29, 1.82) is 0 Å². The van der Waals surface area contributed by atoms with E-state index >= 15 is 0 Å². The Bertz CT molecular complexity index is 951. The molecule has 29 heavy (non-hydrogen) atoms. The molecule has 0 spiro atoms. The molecule has 2 N–H and O–H groups in total. The second-order valence-electron chi connectivity index (χ2n) is 8.36. The lowest BCUT2D eigenvalue weighted by Crippen LogP contribution is -2.47. The van der Waals surface area contributed by atoms with Crippen molar-refractivity contribution in [3.63, 3.8) is 0 Å². The van der Waals surface area contributed by atoms with Gasteiger partial charge in [-0.3, -0.25) is 4.79 Å². The molecule has 2 bridgehead atoms. The van der Waals surface area contributed by atoms with Gasteiger partial charge in [-0.15, -0.1) is 0 Å². The molecule has 3 heterocycles. The van der Waals surface area contributed by atoms with Crippen molar-refractivity contribution in [1.82, 2.24) is 10.2 Å². The molecule has 2 unspecified atom stereocenters. The van der Waals surface area contributed by atoms with E-state index in [1.165, 1.54) is 12.8 Å². The van der Waals surface area contributed by atoms with Crippen LogP contribution in [0.4, 0.5) is 11.4 Å². The summed E-state index contributed by atoms with van der Waals surface area (Å²) in [5.41, 5.74) is 2.93. The first-order valence-electron chi connectivity index (χ1n) is 10.5. The first-order valence-corrected chi connectivity index (χ1v) is 11.3. The third kappa shape index (κ3) is 3.19. The third-order valence-electron chi connectivity index (χ3n) is 6.55. The fraction of sp³-hybridized carbons (Fsp3) is 0.435. The van der Waals surface area contributed by atoms with Gasteiger partial charge in [-0.2, -0.15) is 0 Å². The second-order valence-corrected chi connectivity index (χ2v) is 9.41. The molecule has 0 saturated carbocycles. The van der Waals surface area contributed by atoms with Crippen LogP contribution >= 0.6 is 11.8 Å². The normalized spacial score (nSPS) is 24.8. The van der Waals surface area contributed by atoms with Crippen LogP contribution in [0.5, 0.6) is 5.75 Å². The number of amides is 1. The van der Waals surface area contributed by atoms with Crippen molar-refractivity contribution in [2.45, 2.75) is 60.5 Å². The number of phenols is 1. The highest BCUT2D eigenvalue weighted by molar-refractivity contribution is 7.99. The Kier molecular flexibility index (Phi) is 4.71. The third-order valence-corrected chi connectivity index (χ3v) is 7.71. The summed E-state index contributed by atoms with van der Waals surface area (Å²) in [5, 5.41) is 14.3. The van der Waals surface area contributed by atoms with Crippen LogP contribution in [0.3, 0.4) is 0 Å². The number of carbonyl (C=O) groups excluding carboxylic acids is 1. The van der Waals surface area contributed by atoms with Crippen LogP contribution in [-0.4, -0.2) is 47.6 Å². The summed E-state index contributed by atoms with van der Waals surface area (Å²) in [5.74, 6) is 0.341. The van der Waals surface area contributed by atoms with Gasteiger partial charge in [-0.1, -0.05) is 17.8 Å². The monoisotopic (exact) mass is 409 g/mol. The molecule has 2 fully saturated rings. The topological polar surface area (TPSA) is 55.8 Å². The van der Waals surface area contributed by atoms with Crippen molar-refractivity contribution in [3.8, 4) is 5.75 Å². The zero-order chi connectivity index (χ0) is 20.1. The van der Waals surface area contributed by atoms with Crippen molar-refractivity contribution in [3.05, 3.63) is 42.0 Å². The van der Waals surface area contributed by atoms with Gasteiger partial charge in [-0.25, -0.2) is 0 Å². The number of hydrogen-bond donors (Lipinski definition) is 2. The van der Waals surface area contributed by atoms with Crippen molar-refractivity contribution in [2.24, 2.45) is 0 Å². The predicted octanol–water partition coefficient (Wildman–Crippen LogP) is 4.37. The predicted molar refractivity (Wildman–Crippen MR) is 116 cm³/mol. The van der Waals surface area contributed by atoms with Crippen LogP contribution in [0, 0.1) is 0 Å². The standard InChI is InChI=1S/C23H27N3O2S/c1-3-25(2)23(28)14-7-10-18-21(11-14)29-22-19(5-4-6-20(22)27)26(18)17-12-15-8-9-16(13-17)24-15/h4-7,10-11,15-17,24,27H,3,8-9,12-13H2,1-2H3. The van der Waals surface area contributed by atoms with Crippen LogP contribution < -0.4 is 10.2 Å². The second kappa shape index (κ2) is 7.26. The molecule has 3 aliphatic rings. The first kappa shape index (κ1) is 18.8. The summed E-state index contributed by atoms with van der Waals surface area (Å²) in [6.07, 6.45) is 4.71. The van der Waals surface area contributed by atoms with Gasteiger partial charge in [0.15, 0.2) is 0 Å². The molecule has 5 nitrogen and oxygen atoms in total. The molecule has 0 aromatic heterocycles. The molecule has 2 atom stereocenters. The number of benzene rings is 2. The lowest BCUT2D eigenvalue weighted by atomic mass is 9.96. The van der Waals surface area contributed by atoms with E-state index in [0.717, 1.165) is 34.0 Å². The minimum atomic E-state index is 0.0328. The Morgan fingerprint density at radius 3 is 2.69 bits per heavy atom. The summed E-state index contributed by atoms with van der Waals surface area (Å²) >= 11 is 1.57. The van der Waals surface area contributed by atoms with E-state index in [-0.39, 0.29) is 5.91 Å². The van der Waals surface area contributed by atoms with E-state index in [2.05, 4.69) is 22.3 Å². The number of anilines is 2. The number of piperidine rings is 1. The Balaban J connectivity index is 1.58. The number of rotatable bonds is 3. The zero-order valence-corrected chi connectivity index (χ0v) is 17.7. The fourth-order valence-corrected chi connectivity index (χ4v) is 6.09. The van der Waals surface area contributed by atoms with E-state index in [4.69, 9.17) is 0 Å². The van der Waals surface area contributed by atoms with Crippen LogP contribution in [0.2, 0.25) is 0 Å². The van der Waals surface area contributed by atoms with Crippen LogP contribution in [0.25, 0.3) is 0 Å². The minimum Gasteiger partial charge on any atom is -0.507 e. The highest BCUT2D eigenvalue weighted by atomic mass is 32.2. The number of carbonyl (C=O) groups is 1. The van der Waals surface area contributed by atoms with Crippen molar-refractivity contribution < 1.29 is 9.90 Å². The van der Waals surface area contributed by atoms with Gasteiger partial charge in [0.05, 0.1) is 16.3 Å². The highest BCUT2D eigenvalue weighted by Gasteiger charge is 2.39. The van der Waals surface area contributed by atoms with Gasteiger partial charge in [0.1, 0.15) is 5.75 Å². The molecule has 2 saturated heterocycles. The number of nitrogens with zero attached hydrogens (tertiary/aromatic N) is 2. The maximum Gasteiger partial charge on any atom is 0.253 e. The van der Waals surface area contributed by atoms with Gasteiger partial charge in [0, 0.05) is 42.2 Å². The Labute approximate surface area is 176 Å². The molecule has 6 heteroatoms. The van der Waals surface area contributed by atoms with Crippen molar-refractivity contribution in [2.75, 3.05) is 18.5 Å². The summed E-state index contributed by atoms with van der Waals surface area (Å²) in [7, 11) is 1.83. The van der Waals surface area contributed by atoms with Gasteiger partial charge < -0.3 is 20.2 Å². The SMILES string of the molecule is CCN(C)C(=O)c1ccc2c(c1)Sc1c(O)cccc1N2C1CC2CCC(C1)N2. The number of fused-ring (bicyclic) bond motifs is 4. The average Bonchev–Trinajstić information content (AvgIpc) is 3.08. The molecule has 0 radical (unpaired) electrons. The van der Waals surface area contributed by atoms with Crippen LogP contribution in [0.15, 0.2) is 46.2 Å². The number of hydrogen-bond acceptors (Lipinski definition) is 5. The molecule has 1 amide bonds. The lowest BCUT2D eigenvalue weighted by molar-refractivity contribution is 0.0802. The van der Waals surface area contributed by atoms with E-state index < -0.39 is 0 Å². The van der Waals surface area contributed by atoms with E-state index in [1.807, 2.05) is 32.2 Å². The largest absolute Gasteiger partial charge is 0.507 e. The van der Waals surface area contributed by atoms with Gasteiger partial charge >= 0.3 is 0 Å².